The summed E-state index contributed by atoms with van der Waals surface area (Å²) >= 11 is 0. The average Bonchev–Trinajstić information content (AvgIpc) is 3.34. The van der Waals surface area contributed by atoms with Gasteiger partial charge in [0, 0.05) is 24.3 Å². The Morgan fingerprint density at radius 1 is 1.04 bits per heavy atom. The molecular weight excluding hydrogens is 356 g/mol. The van der Waals surface area contributed by atoms with E-state index in [0.29, 0.717) is 12.4 Å². The van der Waals surface area contributed by atoms with Crippen molar-refractivity contribution < 1.29 is 9.59 Å². The highest BCUT2D eigenvalue weighted by Gasteiger charge is 2.31. The quantitative estimate of drug-likeness (QED) is 0.711. The van der Waals surface area contributed by atoms with E-state index >= 15 is 0 Å². The van der Waals surface area contributed by atoms with Crippen LogP contribution in [-0.4, -0.2) is 39.3 Å². The third-order valence-electron chi connectivity index (χ3n) is 4.59. The summed E-state index contributed by atoms with van der Waals surface area (Å²) in [5, 5.41) is 13.6. The Kier molecular flexibility index (Phi) is 5.01. The molecule has 4 rings (SSSR count). The summed E-state index contributed by atoms with van der Waals surface area (Å²) in [5.74, 6) is 0.620. The average molecular weight is 376 g/mol. The number of rotatable bonds is 5. The molecule has 3 aromatic rings. The van der Waals surface area contributed by atoms with Gasteiger partial charge in [0.25, 0.3) is 0 Å². The van der Waals surface area contributed by atoms with Crippen molar-refractivity contribution in [3.8, 4) is 5.69 Å². The van der Waals surface area contributed by atoms with E-state index in [1.165, 1.54) is 0 Å². The van der Waals surface area contributed by atoms with Gasteiger partial charge in [0.15, 0.2) is 5.82 Å². The topological polar surface area (TPSA) is 92.1 Å². The van der Waals surface area contributed by atoms with Gasteiger partial charge in [-0.25, -0.2) is 4.79 Å². The number of urea groups is 1. The van der Waals surface area contributed by atoms with Gasteiger partial charge in [-0.2, -0.15) is 0 Å². The van der Waals surface area contributed by atoms with Crippen molar-refractivity contribution in [2.75, 3.05) is 11.4 Å². The van der Waals surface area contributed by atoms with Gasteiger partial charge < -0.3 is 15.5 Å². The molecule has 1 atom stereocenters. The van der Waals surface area contributed by atoms with Crippen LogP contribution in [0.4, 0.5) is 10.5 Å². The molecule has 0 unspecified atom stereocenters. The molecule has 28 heavy (non-hydrogen) atoms. The van der Waals surface area contributed by atoms with E-state index in [-0.39, 0.29) is 30.9 Å². The monoisotopic (exact) mass is 376 g/mol. The standard InChI is InChI=1S/C20H20N6O2/c27-19-11-15(13-25(19)16-7-3-1-4-8-16)23-20(28)21-12-18-24-22-14-26(18)17-9-5-2-6-10-17/h1-10,14-15H,11-13H2,(H2,21,23,28)/t15-/m0/s1. The molecule has 0 saturated carbocycles. The molecule has 2 aromatic carbocycles. The maximum absolute atomic E-state index is 12.3. The summed E-state index contributed by atoms with van der Waals surface area (Å²) in [6.45, 7) is 0.681. The van der Waals surface area contributed by atoms with Gasteiger partial charge >= 0.3 is 6.03 Å². The molecule has 1 fully saturated rings. The van der Waals surface area contributed by atoms with Crippen LogP contribution >= 0.6 is 0 Å². The number of carbonyl (C=O) groups is 2. The number of hydrogen-bond acceptors (Lipinski definition) is 4. The van der Waals surface area contributed by atoms with Crippen LogP contribution in [0.5, 0.6) is 0 Å². The molecule has 2 N–H and O–H groups in total. The van der Waals surface area contributed by atoms with Crippen molar-refractivity contribution in [1.82, 2.24) is 25.4 Å². The largest absolute Gasteiger partial charge is 0.333 e. The third kappa shape index (κ3) is 3.85. The lowest BCUT2D eigenvalue weighted by molar-refractivity contribution is -0.117. The SMILES string of the molecule is O=C(NCc1nncn1-c1ccccc1)N[C@H]1CC(=O)N(c2ccccc2)C1. The number of benzene rings is 2. The van der Waals surface area contributed by atoms with Crippen molar-refractivity contribution in [1.29, 1.82) is 0 Å². The first kappa shape index (κ1) is 17.7. The summed E-state index contributed by atoms with van der Waals surface area (Å²) in [5.41, 5.74) is 1.76. The normalized spacial score (nSPS) is 16.2. The van der Waals surface area contributed by atoms with Gasteiger partial charge in [0.2, 0.25) is 5.91 Å². The summed E-state index contributed by atoms with van der Waals surface area (Å²) in [6.07, 6.45) is 1.89. The maximum atomic E-state index is 12.3. The van der Waals surface area contributed by atoms with Gasteiger partial charge in [-0.1, -0.05) is 36.4 Å². The van der Waals surface area contributed by atoms with Crippen LogP contribution in [0.2, 0.25) is 0 Å². The van der Waals surface area contributed by atoms with Crippen molar-refractivity contribution in [3.05, 3.63) is 72.8 Å². The Balaban J connectivity index is 1.33. The smallest absolute Gasteiger partial charge is 0.315 e. The highest BCUT2D eigenvalue weighted by molar-refractivity contribution is 5.96. The predicted molar refractivity (Wildman–Crippen MR) is 104 cm³/mol. The Bertz CT molecular complexity index is 957. The zero-order valence-corrected chi connectivity index (χ0v) is 15.2. The lowest BCUT2D eigenvalue weighted by Gasteiger charge is -2.17. The van der Waals surface area contributed by atoms with E-state index in [0.717, 1.165) is 11.4 Å². The first-order valence-corrected chi connectivity index (χ1v) is 9.05. The second-order valence-corrected chi connectivity index (χ2v) is 6.52. The van der Waals surface area contributed by atoms with E-state index in [9.17, 15) is 9.59 Å². The highest BCUT2D eigenvalue weighted by Crippen LogP contribution is 2.20. The van der Waals surface area contributed by atoms with Crippen LogP contribution in [0, 0.1) is 0 Å². The molecule has 142 valence electrons. The van der Waals surface area contributed by atoms with Crippen molar-refractivity contribution in [2.45, 2.75) is 19.0 Å². The molecular formula is C20H20N6O2. The summed E-state index contributed by atoms with van der Waals surface area (Å²) < 4.78 is 1.82. The summed E-state index contributed by atoms with van der Waals surface area (Å²) in [4.78, 5) is 26.2. The van der Waals surface area contributed by atoms with E-state index < -0.39 is 0 Å². The Morgan fingerprint density at radius 2 is 1.71 bits per heavy atom. The Morgan fingerprint density at radius 3 is 2.43 bits per heavy atom. The van der Waals surface area contributed by atoms with Crippen molar-refractivity contribution in [3.63, 3.8) is 0 Å². The first-order chi connectivity index (χ1) is 13.7. The minimum absolute atomic E-state index is 0.000297. The minimum atomic E-state index is -0.338. The number of aromatic nitrogens is 3. The summed E-state index contributed by atoms with van der Waals surface area (Å²) in [6, 6.07) is 18.5. The van der Waals surface area contributed by atoms with Gasteiger partial charge in [-0.15, -0.1) is 10.2 Å². The molecule has 1 aliphatic heterocycles. The number of nitrogens with one attached hydrogen (secondary N) is 2. The molecule has 0 aliphatic carbocycles. The predicted octanol–water partition coefficient (Wildman–Crippen LogP) is 1.87. The second kappa shape index (κ2) is 7.91. The van der Waals surface area contributed by atoms with Crippen LogP contribution in [0.15, 0.2) is 67.0 Å². The molecule has 8 nitrogen and oxygen atoms in total. The van der Waals surface area contributed by atoms with Crippen LogP contribution in [0.25, 0.3) is 5.69 Å². The zero-order chi connectivity index (χ0) is 19.3. The number of amides is 3. The summed E-state index contributed by atoms with van der Waals surface area (Å²) in [7, 11) is 0. The lowest BCUT2D eigenvalue weighted by Crippen LogP contribution is -2.43. The molecule has 0 bridgehead atoms. The van der Waals surface area contributed by atoms with Crippen molar-refractivity contribution in [2.24, 2.45) is 0 Å². The molecule has 1 aliphatic rings. The fourth-order valence-corrected chi connectivity index (χ4v) is 3.24. The Hall–Kier alpha value is -3.68. The molecule has 8 heteroatoms. The van der Waals surface area contributed by atoms with Crippen LogP contribution in [0.1, 0.15) is 12.2 Å². The van der Waals surface area contributed by atoms with E-state index in [1.807, 2.05) is 65.2 Å². The Labute approximate surface area is 162 Å². The third-order valence-corrected chi connectivity index (χ3v) is 4.59. The minimum Gasteiger partial charge on any atom is -0.333 e. The van der Waals surface area contributed by atoms with Crippen molar-refractivity contribution >= 4 is 17.6 Å². The van der Waals surface area contributed by atoms with E-state index in [4.69, 9.17) is 0 Å². The maximum Gasteiger partial charge on any atom is 0.315 e. The highest BCUT2D eigenvalue weighted by atomic mass is 16.2. The molecule has 1 aromatic heterocycles. The fraction of sp³-hybridized carbons (Fsp3) is 0.200. The number of carbonyl (C=O) groups excluding carboxylic acids is 2. The van der Waals surface area contributed by atoms with Gasteiger partial charge in [-0.3, -0.25) is 9.36 Å². The molecule has 3 amide bonds. The van der Waals surface area contributed by atoms with E-state index in [1.54, 1.807) is 11.2 Å². The van der Waals surface area contributed by atoms with Crippen LogP contribution in [-0.2, 0) is 11.3 Å². The number of para-hydroxylation sites is 2. The zero-order valence-electron chi connectivity index (χ0n) is 15.2. The molecule has 0 radical (unpaired) electrons. The van der Waals surface area contributed by atoms with Gasteiger partial charge in [0.1, 0.15) is 6.33 Å². The van der Waals surface area contributed by atoms with Crippen LogP contribution < -0.4 is 15.5 Å². The lowest BCUT2D eigenvalue weighted by atomic mass is 10.2. The van der Waals surface area contributed by atoms with Gasteiger partial charge in [0.05, 0.1) is 12.6 Å². The molecule has 0 spiro atoms. The number of anilines is 1. The second-order valence-electron chi connectivity index (χ2n) is 6.52. The molecule has 1 saturated heterocycles. The number of hydrogen-bond donors (Lipinski definition) is 2. The molecule has 2 heterocycles. The fourth-order valence-electron chi connectivity index (χ4n) is 3.24. The van der Waals surface area contributed by atoms with E-state index in [2.05, 4.69) is 20.8 Å². The number of nitrogens with zero attached hydrogens (tertiary/aromatic N) is 4. The first-order valence-electron chi connectivity index (χ1n) is 9.05. The van der Waals surface area contributed by atoms with Crippen LogP contribution in [0.3, 0.4) is 0 Å². The van der Waals surface area contributed by atoms with Gasteiger partial charge in [-0.05, 0) is 24.3 Å².